The molecule has 2 unspecified atom stereocenters. The number of rotatable bonds is 4. The van der Waals surface area contributed by atoms with E-state index in [0.717, 1.165) is 16.5 Å². The van der Waals surface area contributed by atoms with Gasteiger partial charge in [0.25, 0.3) is 0 Å². The van der Waals surface area contributed by atoms with Crippen molar-refractivity contribution in [3.63, 3.8) is 0 Å². The summed E-state index contributed by atoms with van der Waals surface area (Å²) in [7, 11) is 1.90. The summed E-state index contributed by atoms with van der Waals surface area (Å²) in [5, 5.41) is 12.2. The minimum Gasteiger partial charge on any atom is -0.312 e. The van der Waals surface area contributed by atoms with Crippen molar-refractivity contribution < 1.29 is 0 Å². The first-order valence-corrected chi connectivity index (χ1v) is 5.84. The van der Waals surface area contributed by atoms with Gasteiger partial charge in [-0.05, 0) is 31.2 Å². The van der Waals surface area contributed by atoms with E-state index in [2.05, 4.69) is 27.3 Å². The predicted octanol–water partition coefficient (Wildman–Crippen LogP) is 3.26. The van der Waals surface area contributed by atoms with Crippen molar-refractivity contribution in [2.75, 3.05) is 7.05 Å². The van der Waals surface area contributed by atoms with Crippen molar-refractivity contribution in [2.24, 2.45) is 5.92 Å². The Morgan fingerprint density at radius 3 is 2.40 bits per heavy atom. The van der Waals surface area contributed by atoms with Gasteiger partial charge in [0.1, 0.15) is 0 Å². The van der Waals surface area contributed by atoms with Gasteiger partial charge in [0.05, 0.1) is 12.0 Å². The third-order valence-electron chi connectivity index (χ3n) is 2.55. The van der Waals surface area contributed by atoms with Gasteiger partial charge in [-0.2, -0.15) is 5.26 Å². The van der Waals surface area contributed by atoms with E-state index in [0.29, 0.717) is 0 Å². The zero-order chi connectivity index (χ0) is 11.3. The number of nitrogens with one attached hydrogen (secondary N) is 1. The van der Waals surface area contributed by atoms with Crippen molar-refractivity contribution >= 4 is 15.9 Å². The van der Waals surface area contributed by atoms with Crippen LogP contribution in [-0.2, 0) is 0 Å². The Balaban J connectivity index is 2.92. The average Bonchev–Trinajstić information content (AvgIpc) is 2.27. The summed E-state index contributed by atoms with van der Waals surface area (Å²) in [5.41, 5.74) is 1.16. The fraction of sp³-hybridized carbons (Fsp3) is 0.417. The molecule has 1 rings (SSSR count). The largest absolute Gasteiger partial charge is 0.312 e. The van der Waals surface area contributed by atoms with Gasteiger partial charge in [0.15, 0.2) is 0 Å². The highest BCUT2D eigenvalue weighted by molar-refractivity contribution is 9.10. The topological polar surface area (TPSA) is 35.8 Å². The summed E-state index contributed by atoms with van der Waals surface area (Å²) >= 11 is 3.40. The molecule has 0 radical (unpaired) electrons. The molecule has 0 fully saturated rings. The predicted molar refractivity (Wildman–Crippen MR) is 65.3 cm³/mol. The van der Waals surface area contributed by atoms with Crippen LogP contribution < -0.4 is 5.32 Å². The van der Waals surface area contributed by atoms with E-state index in [4.69, 9.17) is 5.26 Å². The van der Waals surface area contributed by atoms with Crippen LogP contribution in [0.3, 0.4) is 0 Å². The Labute approximate surface area is 99.4 Å². The summed E-state index contributed by atoms with van der Waals surface area (Å²) in [4.78, 5) is 0. The van der Waals surface area contributed by atoms with Gasteiger partial charge in [-0.1, -0.05) is 35.0 Å². The van der Waals surface area contributed by atoms with Gasteiger partial charge in [0, 0.05) is 10.5 Å². The molecule has 3 heteroatoms. The molecular weight excluding hydrogens is 252 g/mol. The molecule has 0 bridgehead atoms. The molecule has 0 heterocycles. The van der Waals surface area contributed by atoms with Gasteiger partial charge in [-0.15, -0.1) is 0 Å². The van der Waals surface area contributed by atoms with Crippen LogP contribution in [0.2, 0.25) is 0 Å². The maximum absolute atomic E-state index is 9.04. The summed E-state index contributed by atoms with van der Waals surface area (Å²) in [6.07, 6.45) is 0.859. The molecule has 1 aromatic carbocycles. The van der Waals surface area contributed by atoms with Gasteiger partial charge in [-0.25, -0.2) is 0 Å². The number of nitrogens with zero attached hydrogens (tertiary/aromatic N) is 1. The van der Waals surface area contributed by atoms with Crippen molar-refractivity contribution in [1.29, 1.82) is 5.26 Å². The lowest BCUT2D eigenvalue weighted by atomic mass is 9.92. The quantitative estimate of drug-likeness (QED) is 0.908. The molecule has 0 spiro atoms. The van der Waals surface area contributed by atoms with Crippen LogP contribution in [0, 0.1) is 17.2 Å². The second kappa shape index (κ2) is 5.89. The molecule has 0 aliphatic heterocycles. The van der Waals surface area contributed by atoms with Crippen LogP contribution in [0.4, 0.5) is 0 Å². The van der Waals surface area contributed by atoms with Crippen LogP contribution >= 0.6 is 15.9 Å². The highest BCUT2D eigenvalue weighted by Gasteiger charge is 2.19. The van der Waals surface area contributed by atoms with Gasteiger partial charge >= 0.3 is 0 Å². The second-order valence-electron chi connectivity index (χ2n) is 3.46. The van der Waals surface area contributed by atoms with Crippen LogP contribution in [-0.4, -0.2) is 7.05 Å². The number of hydrogen-bond donors (Lipinski definition) is 1. The highest BCUT2D eigenvalue weighted by Crippen LogP contribution is 2.25. The maximum atomic E-state index is 9.04. The fourth-order valence-corrected chi connectivity index (χ4v) is 1.94. The monoisotopic (exact) mass is 266 g/mol. The SMILES string of the molecule is CCC(C#N)C(NC)c1ccc(Br)cc1. The van der Waals surface area contributed by atoms with Gasteiger partial charge < -0.3 is 5.32 Å². The molecule has 2 nitrogen and oxygen atoms in total. The Morgan fingerprint density at radius 1 is 1.40 bits per heavy atom. The van der Waals surface area contributed by atoms with E-state index in [9.17, 15) is 0 Å². The molecule has 0 aliphatic rings. The first-order valence-electron chi connectivity index (χ1n) is 5.05. The number of benzene rings is 1. The zero-order valence-corrected chi connectivity index (χ0v) is 10.6. The molecule has 0 saturated carbocycles. The first-order chi connectivity index (χ1) is 7.22. The number of nitriles is 1. The smallest absolute Gasteiger partial charge is 0.0675 e. The van der Waals surface area contributed by atoms with Crippen LogP contribution in [0.5, 0.6) is 0 Å². The lowest BCUT2D eigenvalue weighted by molar-refractivity contribution is 0.449. The number of halogens is 1. The molecule has 1 aromatic rings. The van der Waals surface area contributed by atoms with E-state index in [1.807, 2.05) is 38.2 Å². The van der Waals surface area contributed by atoms with E-state index >= 15 is 0 Å². The molecule has 0 saturated heterocycles. The Bertz CT molecular complexity index is 340. The summed E-state index contributed by atoms with van der Waals surface area (Å²) in [6, 6.07) is 10.6. The molecule has 2 atom stereocenters. The normalized spacial score (nSPS) is 14.3. The molecule has 0 aliphatic carbocycles. The molecule has 80 valence electrons. The molecule has 1 N–H and O–H groups in total. The highest BCUT2D eigenvalue weighted by atomic mass is 79.9. The summed E-state index contributed by atoms with van der Waals surface area (Å²) in [5.74, 6) is 0.0242. The fourth-order valence-electron chi connectivity index (χ4n) is 1.67. The number of hydrogen-bond acceptors (Lipinski definition) is 2. The maximum Gasteiger partial charge on any atom is 0.0675 e. The van der Waals surface area contributed by atoms with E-state index in [1.54, 1.807) is 0 Å². The Morgan fingerprint density at radius 2 is 2.00 bits per heavy atom. The minimum absolute atomic E-state index is 0.0242. The lowest BCUT2D eigenvalue weighted by Crippen LogP contribution is -2.23. The van der Waals surface area contributed by atoms with Crippen molar-refractivity contribution in [1.82, 2.24) is 5.32 Å². The van der Waals surface area contributed by atoms with E-state index in [1.165, 1.54) is 0 Å². The third kappa shape index (κ3) is 3.05. The molecule has 0 amide bonds. The van der Waals surface area contributed by atoms with Crippen molar-refractivity contribution in [2.45, 2.75) is 19.4 Å². The minimum atomic E-state index is 0.0242. The third-order valence-corrected chi connectivity index (χ3v) is 3.08. The first kappa shape index (κ1) is 12.2. The van der Waals surface area contributed by atoms with E-state index in [-0.39, 0.29) is 12.0 Å². The second-order valence-corrected chi connectivity index (χ2v) is 4.38. The van der Waals surface area contributed by atoms with Crippen LogP contribution in [0.1, 0.15) is 24.9 Å². The molecule has 0 aromatic heterocycles. The van der Waals surface area contributed by atoms with Crippen molar-refractivity contribution in [3.05, 3.63) is 34.3 Å². The van der Waals surface area contributed by atoms with Gasteiger partial charge in [0.2, 0.25) is 0 Å². The molecular formula is C12H15BrN2. The Kier molecular flexibility index (Phi) is 4.80. The zero-order valence-electron chi connectivity index (χ0n) is 9.00. The van der Waals surface area contributed by atoms with Crippen molar-refractivity contribution in [3.8, 4) is 6.07 Å². The van der Waals surface area contributed by atoms with Gasteiger partial charge in [-0.3, -0.25) is 0 Å². The lowest BCUT2D eigenvalue weighted by Gasteiger charge is -2.20. The van der Waals surface area contributed by atoms with Crippen LogP contribution in [0.25, 0.3) is 0 Å². The summed E-state index contributed by atoms with van der Waals surface area (Å²) < 4.78 is 1.06. The van der Waals surface area contributed by atoms with Crippen LogP contribution in [0.15, 0.2) is 28.7 Å². The standard InChI is InChI=1S/C12H15BrN2/c1-3-9(8-14)12(15-2)10-4-6-11(13)7-5-10/h4-7,9,12,15H,3H2,1-2H3. The summed E-state index contributed by atoms with van der Waals surface area (Å²) in [6.45, 7) is 2.04. The average molecular weight is 267 g/mol. The molecule has 15 heavy (non-hydrogen) atoms. The van der Waals surface area contributed by atoms with E-state index < -0.39 is 0 Å². The Hall–Kier alpha value is -0.850.